The van der Waals surface area contributed by atoms with E-state index in [1.165, 1.54) is 24.1 Å². The summed E-state index contributed by atoms with van der Waals surface area (Å²) in [5, 5.41) is 0. The van der Waals surface area contributed by atoms with Gasteiger partial charge in [-0.25, -0.2) is 4.98 Å². The minimum Gasteiger partial charge on any atom is -0.327 e. The van der Waals surface area contributed by atoms with Gasteiger partial charge in [0.1, 0.15) is 0 Å². The summed E-state index contributed by atoms with van der Waals surface area (Å²) in [5.74, 6) is 0.738. The first-order valence-electron chi connectivity index (χ1n) is 5.78. The summed E-state index contributed by atoms with van der Waals surface area (Å²) in [6, 6.07) is 4.43. The Morgan fingerprint density at radius 3 is 2.88 bits per heavy atom. The Bertz CT molecular complexity index is 471. The van der Waals surface area contributed by atoms with Gasteiger partial charge in [0, 0.05) is 30.2 Å². The fraction of sp³-hybridized carbons (Fsp3) is 0.385. The van der Waals surface area contributed by atoms with Crippen molar-refractivity contribution in [2.45, 2.75) is 31.7 Å². The zero-order valence-electron chi connectivity index (χ0n) is 9.37. The fourth-order valence-electron chi connectivity index (χ4n) is 2.12. The molecule has 16 heavy (non-hydrogen) atoms. The van der Waals surface area contributed by atoms with Crippen molar-refractivity contribution in [1.82, 2.24) is 14.5 Å². The molecule has 3 rings (SSSR count). The van der Waals surface area contributed by atoms with E-state index in [1.807, 2.05) is 31.0 Å². The highest BCUT2D eigenvalue weighted by Gasteiger charge is 2.28. The Hall–Kier alpha value is -1.64. The molecule has 1 saturated carbocycles. The highest BCUT2D eigenvalue weighted by atomic mass is 15.1. The van der Waals surface area contributed by atoms with Crippen molar-refractivity contribution in [2.24, 2.45) is 0 Å². The maximum absolute atomic E-state index is 4.27. The predicted octanol–water partition coefficient (Wildman–Crippen LogP) is 2.76. The zero-order valence-corrected chi connectivity index (χ0v) is 9.37. The molecule has 0 aromatic carbocycles. The van der Waals surface area contributed by atoms with Crippen LogP contribution in [0.5, 0.6) is 0 Å². The Morgan fingerprint density at radius 2 is 2.19 bits per heavy atom. The number of hydrogen-bond donors (Lipinski definition) is 0. The van der Waals surface area contributed by atoms with Gasteiger partial charge in [0.2, 0.25) is 0 Å². The maximum atomic E-state index is 4.27. The van der Waals surface area contributed by atoms with Crippen LogP contribution in [-0.2, 0) is 0 Å². The molecule has 1 fully saturated rings. The zero-order chi connectivity index (χ0) is 11.0. The molecule has 1 unspecified atom stereocenters. The highest BCUT2D eigenvalue weighted by Crippen LogP contribution is 2.41. The molecule has 2 heterocycles. The van der Waals surface area contributed by atoms with Gasteiger partial charge in [0.05, 0.1) is 12.4 Å². The standard InChI is InChI=1S/C13H15N3/c1-10(12-3-2-6-14-7-12)16-9-15-8-13(16)11-4-5-11/h2-3,6-11H,4-5H2,1H3. The maximum Gasteiger partial charge on any atom is 0.0953 e. The molecule has 82 valence electrons. The van der Waals surface area contributed by atoms with Crippen molar-refractivity contribution in [3.63, 3.8) is 0 Å². The number of pyridine rings is 1. The van der Waals surface area contributed by atoms with E-state index >= 15 is 0 Å². The molecular weight excluding hydrogens is 198 g/mol. The fourth-order valence-corrected chi connectivity index (χ4v) is 2.12. The van der Waals surface area contributed by atoms with Crippen molar-refractivity contribution >= 4 is 0 Å². The summed E-state index contributed by atoms with van der Waals surface area (Å²) < 4.78 is 2.27. The molecule has 0 amide bonds. The predicted molar refractivity (Wildman–Crippen MR) is 62.3 cm³/mol. The van der Waals surface area contributed by atoms with Crippen LogP contribution < -0.4 is 0 Å². The van der Waals surface area contributed by atoms with E-state index in [1.54, 1.807) is 0 Å². The van der Waals surface area contributed by atoms with Crippen LogP contribution in [0, 0.1) is 0 Å². The highest BCUT2D eigenvalue weighted by molar-refractivity contribution is 5.20. The van der Waals surface area contributed by atoms with E-state index in [0.717, 1.165) is 5.92 Å². The van der Waals surface area contributed by atoms with Gasteiger partial charge in [0.15, 0.2) is 0 Å². The Balaban J connectivity index is 1.94. The molecule has 0 radical (unpaired) electrons. The largest absolute Gasteiger partial charge is 0.327 e. The molecule has 3 heteroatoms. The lowest BCUT2D eigenvalue weighted by atomic mass is 10.1. The quantitative estimate of drug-likeness (QED) is 0.785. The number of nitrogens with zero attached hydrogens (tertiary/aromatic N) is 3. The molecule has 0 N–H and O–H groups in total. The average molecular weight is 213 g/mol. The second-order valence-electron chi connectivity index (χ2n) is 4.46. The molecule has 2 aromatic rings. The molecule has 1 aliphatic carbocycles. The third-order valence-electron chi connectivity index (χ3n) is 3.28. The van der Waals surface area contributed by atoms with Crippen LogP contribution in [0.1, 0.15) is 43.0 Å². The third kappa shape index (κ3) is 1.62. The minimum absolute atomic E-state index is 0.326. The van der Waals surface area contributed by atoms with E-state index in [-0.39, 0.29) is 0 Å². The van der Waals surface area contributed by atoms with E-state index in [4.69, 9.17) is 0 Å². The summed E-state index contributed by atoms with van der Waals surface area (Å²) in [4.78, 5) is 8.44. The van der Waals surface area contributed by atoms with Crippen molar-refractivity contribution in [3.8, 4) is 0 Å². The summed E-state index contributed by atoms with van der Waals surface area (Å²) >= 11 is 0. The number of rotatable bonds is 3. The lowest BCUT2D eigenvalue weighted by molar-refractivity contribution is 0.607. The molecule has 1 atom stereocenters. The van der Waals surface area contributed by atoms with Gasteiger partial charge in [-0.1, -0.05) is 6.07 Å². The van der Waals surface area contributed by atoms with E-state index < -0.39 is 0 Å². The topological polar surface area (TPSA) is 30.7 Å². The molecule has 0 saturated heterocycles. The van der Waals surface area contributed by atoms with Crippen LogP contribution in [-0.4, -0.2) is 14.5 Å². The molecule has 0 bridgehead atoms. The smallest absolute Gasteiger partial charge is 0.0953 e. The van der Waals surface area contributed by atoms with Crippen LogP contribution in [0.15, 0.2) is 37.1 Å². The first-order valence-corrected chi connectivity index (χ1v) is 5.78. The van der Waals surface area contributed by atoms with Crippen molar-refractivity contribution < 1.29 is 0 Å². The number of hydrogen-bond acceptors (Lipinski definition) is 2. The molecule has 3 nitrogen and oxygen atoms in total. The Labute approximate surface area is 95.2 Å². The van der Waals surface area contributed by atoms with Crippen molar-refractivity contribution in [2.75, 3.05) is 0 Å². The Kier molecular flexibility index (Phi) is 2.24. The average Bonchev–Trinajstić information content (AvgIpc) is 3.07. The van der Waals surface area contributed by atoms with Crippen LogP contribution in [0.25, 0.3) is 0 Å². The molecule has 1 aliphatic rings. The van der Waals surface area contributed by atoms with Crippen LogP contribution in [0.2, 0.25) is 0 Å². The lowest BCUT2D eigenvalue weighted by Gasteiger charge is -2.16. The van der Waals surface area contributed by atoms with Crippen LogP contribution in [0.4, 0.5) is 0 Å². The molecule has 2 aromatic heterocycles. The molecular formula is C13H15N3. The van der Waals surface area contributed by atoms with Gasteiger partial charge in [-0.15, -0.1) is 0 Å². The normalized spacial score (nSPS) is 17.3. The van der Waals surface area contributed by atoms with E-state index in [0.29, 0.717) is 6.04 Å². The van der Waals surface area contributed by atoms with Crippen LogP contribution >= 0.6 is 0 Å². The molecule has 0 spiro atoms. The first kappa shape index (κ1) is 9.58. The SMILES string of the molecule is CC(c1cccnc1)n1cncc1C1CC1. The second-order valence-corrected chi connectivity index (χ2v) is 4.46. The minimum atomic E-state index is 0.326. The monoisotopic (exact) mass is 213 g/mol. The van der Waals surface area contributed by atoms with Gasteiger partial charge >= 0.3 is 0 Å². The van der Waals surface area contributed by atoms with E-state index in [2.05, 4.69) is 27.5 Å². The van der Waals surface area contributed by atoms with Crippen molar-refractivity contribution in [3.05, 3.63) is 48.3 Å². The van der Waals surface area contributed by atoms with Gasteiger partial charge in [-0.05, 0) is 31.4 Å². The summed E-state index contributed by atoms with van der Waals surface area (Å²) in [6.45, 7) is 2.20. The summed E-state index contributed by atoms with van der Waals surface area (Å²) in [5.41, 5.74) is 2.61. The first-order chi connectivity index (χ1) is 7.86. The third-order valence-corrected chi connectivity index (χ3v) is 3.28. The van der Waals surface area contributed by atoms with Gasteiger partial charge in [-0.2, -0.15) is 0 Å². The van der Waals surface area contributed by atoms with Gasteiger partial charge in [-0.3, -0.25) is 4.98 Å². The number of aromatic nitrogens is 3. The van der Waals surface area contributed by atoms with Crippen LogP contribution in [0.3, 0.4) is 0 Å². The lowest BCUT2D eigenvalue weighted by Crippen LogP contribution is -2.08. The van der Waals surface area contributed by atoms with Crippen molar-refractivity contribution in [1.29, 1.82) is 0 Å². The Morgan fingerprint density at radius 1 is 1.31 bits per heavy atom. The molecule has 0 aliphatic heterocycles. The number of imidazole rings is 1. The second kappa shape index (κ2) is 3.74. The summed E-state index contributed by atoms with van der Waals surface area (Å²) in [6.07, 6.45) is 10.3. The van der Waals surface area contributed by atoms with E-state index in [9.17, 15) is 0 Å². The van der Waals surface area contributed by atoms with Gasteiger partial charge in [0.25, 0.3) is 0 Å². The van der Waals surface area contributed by atoms with Gasteiger partial charge < -0.3 is 4.57 Å². The summed E-state index contributed by atoms with van der Waals surface area (Å²) in [7, 11) is 0.